The summed E-state index contributed by atoms with van der Waals surface area (Å²) in [6.07, 6.45) is -0.00909. The van der Waals surface area contributed by atoms with Gasteiger partial charge in [0.25, 0.3) is 11.8 Å². The molecule has 0 aliphatic carbocycles. The van der Waals surface area contributed by atoms with Gasteiger partial charge in [0.05, 0.1) is 17.0 Å². The summed E-state index contributed by atoms with van der Waals surface area (Å²) in [7, 11) is 0. The van der Waals surface area contributed by atoms with Crippen molar-refractivity contribution in [3.8, 4) is 0 Å². The van der Waals surface area contributed by atoms with Crippen LogP contribution in [0.1, 0.15) is 16.1 Å². The highest BCUT2D eigenvalue weighted by molar-refractivity contribution is 7.99. The third-order valence-electron chi connectivity index (χ3n) is 3.86. The predicted octanol–water partition coefficient (Wildman–Crippen LogP) is 4.20. The maximum Gasteiger partial charge on any atom is 0.308 e. The van der Waals surface area contributed by atoms with Crippen molar-refractivity contribution < 1.29 is 19.1 Å². The van der Waals surface area contributed by atoms with Gasteiger partial charge in [0.15, 0.2) is 6.61 Å². The molecule has 30 heavy (non-hydrogen) atoms. The highest BCUT2D eigenvalue weighted by atomic mass is 32.2. The molecule has 0 radical (unpaired) electrons. The van der Waals surface area contributed by atoms with Crippen molar-refractivity contribution in [2.45, 2.75) is 16.2 Å². The predicted molar refractivity (Wildman–Crippen MR) is 118 cm³/mol. The fraction of sp³-hybridized carbons (Fsp3) is 0.136. The Kier molecular flexibility index (Phi) is 8.05. The van der Waals surface area contributed by atoms with Gasteiger partial charge in [0, 0.05) is 16.3 Å². The van der Waals surface area contributed by atoms with Gasteiger partial charge in [-0.3, -0.25) is 14.4 Å². The van der Waals surface area contributed by atoms with Gasteiger partial charge < -0.3 is 15.4 Å². The minimum atomic E-state index is -0.552. The average molecular weight is 441 g/mol. The number of carbonyl (C=O) groups is 3. The second-order valence-corrected chi connectivity index (χ2v) is 8.17. The molecule has 0 saturated carbocycles. The number of hydrogen-bond acceptors (Lipinski definition) is 6. The van der Waals surface area contributed by atoms with Crippen LogP contribution in [0.3, 0.4) is 0 Å². The van der Waals surface area contributed by atoms with E-state index >= 15 is 0 Å². The number of para-hydroxylation sites is 1. The molecule has 0 unspecified atom stereocenters. The number of thiophene rings is 1. The Hall–Kier alpha value is -3.10. The van der Waals surface area contributed by atoms with Crippen LogP contribution in [0.4, 0.5) is 5.69 Å². The zero-order valence-electron chi connectivity index (χ0n) is 16.0. The molecule has 8 heteroatoms. The Morgan fingerprint density at radius 3 is 2.47 bits per heavy atom. The molecule has 0 aliphatic rings. The van der Waals surface area contributed by atoms with Crippen LogP contribution in [0.25, 0.3) is 0 Å². The van der Waals surface area contributed by atoms with Crippen molar-refractivity contribution in [3.63, 3.8) is 0 Å². The first kappa shape index (κ1) is 21.6. The molecule has 0 spiro atoms. The van der Waals surface area contributed by atoms with Crippen molar-refractivity contribution in [2.24, 2.45) is 0 Å². The van der Waals surface area contributed by atoms with Crippen molar-refractivity contribution in [1.82, 2.24) is 5.32 Å². The maximum atomic E-state index is 12.2. The number of rotatable bonds is 9. The first-order valence-electron chi connectivity index (χ1n) is 9.21. The van der Waals surface area contributed by atoms with Crippen molar-refractivity contribution >= 4 is 46.6 Å². The van der Waals surface area contributed by atoms with E-state index in [2.05, 4.69) is 10.6 Å². The van der Waals surface area contributed by atoms with E-state index in [-0.39, 0.29) is 25.5 Å². The van der Waals surface area contributed by atoms with Gasteiger partial charge in [-0.2, -0.15) is 0 Å². The zero-order chi connectivity index (χ0) is 21.2. The number of amides is 2. The summed E-state index contributed by atoms with van der Waals surface area (Å²) in [5, 5.41) is 7.22. The molecule has 2 amide bonds. The average Bonchev–Trinajstić information content (AvgIpc) is 3.29. The lowest BCUT2D eigenvalue weighted by Gasteiger charge is -2.11. The largest absolute Gasteiger partial charge is 0.456 e. The van der Waals surface area contributed by atoms with E-state index < -0.39 is 11.9 Å². The summed E-state index contributed by atoms with van der Waals surface area (Å²) < 4.78 is 5.00. The van der Waals surface area contributed by atoms with E-state index in [1.54, 1.807) is 23.6 Å². The van der Waals surface area contributed by atoms with Crippen molar-refractivity contribution in [2.75, 3.05) is 18.5 Å². The minimum Gasteiger partial charge on any atom is -0.456 e. The van der Waals surface area contributed by atoms with Crippen LogP contribution in [0, 0.1) is 0 Å². The van der Waals surface area contributed by atoms with Gasteiger partial charge in [0.2, 0.25) is 0 Å². The molecule has 3 aromatic rings. The smallest absolute Gasteiger partial charge is 0.308 e. The van der Waals surface area contributed by atoms with Crippen LogP contribution < -0.4 is 10.6 Å². The number of benzene rings is 2. The van der Waals surface area contributed by atoms with E-state index in [4.69, 9.17) is 4.74 Å². The number of nitrogens with one attached hydrogen (secondary N) is 2. The highest BCUT2D eigenvalue weighted by Crippen LogP contribution is 2.33. The summed E-state index contributed by atoms with van der Waals surface area (Å²) in [5.41, 5.74) is 0.649. The monoisotopic (exact) mass is 440 g/mol. The molecule has 0 atom stereocenters. The first-order chi connectivity index (χ1) is 14.6. The molecule has 1 aromatic heterocycles. The maximum absolute atomic E-state index is 12.2. The molecule has 0 fully saturated rings. The summed E-state index contributed by atoms with van der Waals surface area (Å²) in [4.78, 5) is 38.3. The Morgan fingerprint density at radius 1 is 0.933 bits per heavy atom. The van der Waals surface area contributed by atoms with Crippen LogP contribution in [0.5, 0.6) is 0 Å². The Balaban J connectivity index is 1.42. The van der Waals surface area contributed by atoms with Gasteiger partial charge in [0.1, 0.15) is 0 Å². The SMILES string of the molecule is O=C(COC(=O)CCNC(=O)c1cccs1)Nc1ccccc1Sc1ccccc1. The van der Waals surface area contributed by atoms with E-state index in [0.717, 1.165) is 9.79 Å². The number of anilines is 1. The summed E-state index contributed by atoms with van der Waals surface area (Å²) in [6, 6.07) is 20.7. The summed E-state index contributed by atoms with van der Waals surface area (Å²) >= 11 is 2.85. The van der Waals surface area contributed by atoms with Crippen LogP contribution in [0.2, 0.25) is 0 Å². The van der Waals surface area contributed by atoms with Crippen LogP contribution in [0.15, 0.2) is 81.9 Å². The second-order valence-electron chi connectivity index (χ2n) is 6.10. The van der Waals surface area contributed by atoms with Crippen molar-refractivity contribution in [3.05, 3.63) is 77.0 Å². The van der Waals surface area contributed by atoms with E-state index in [0.29, 0.717) is 10.6 Å². The molecule has 3 rings (SSSR count). The lowest BCUT2D eigenvalue weighted by atomic mass is 10.3. The zero-order valence-corrected chi connectivity index (χ0v) is 17.6. The molecular formula is C22H20N2O4S2. The molecule has 154 valence electrons. The number of ether oxygens (including phenoxy) is 1. The number of carbonyl (C=O) groups excluding carboxylic acids is 3. The summed E-state index contributed by atoms with van der Waals surface area (Å²) in [6.45, 7) is -0.240. The van der Waals surface area contributed by atoms with Gasteiger partial charge in [-0.1, -0.05) is 48.2 Å². The Labute approximate surface area is 182 Å². The molecular weight excluding hydrogens is 420 g/mol. The lowest BCUT2D eigenvalue weighted by Crippen LogP contribution is -2.27. The van der Waals surface area contributed by atoms with Crippen LogP contribution in [-0.4, -0.2) is 30.9 Å². The first-order valence-corrected chi connectivity index (χ1v) is 10.9. The molecule has 0 saturated heterocycles. The van der Waals surface area contributed by atoms with Gasteiger partial charge >= 0.3 is 5.97 Å². The lowest BCUT2D eigenvalue weighted by molar-refractivity contribution is -0.147. The highest BCUT2D eigenvalue weighted by Gasteiger charge is 2.12. The second kappa shape index (κ2) is 11.2. The third kappa shape index (κ3) is 6.75. The van der Waals surface area contributed by atoms with Gasteiger partial charge in [-0.25, -0.2) is 0 Å². The van der Waals surface area contributed by atoms with E-state index in [1.807, 2.05) is 48.5 Å². The van der Waals surface area contributed by atoms with Gasteiger partial charge in [-0.05, 0) is 35.7 Å². The van der Waals surface area contributed by atoms with Crippen LogP contribution in [-0.2, 0) is 14.3 Å². The molecule has 6 nitrogen and oxygen atoms in total. The minimum absolute atomic E-state index is 0.00909. The van der Waals surface area contributed by atoms with E-state index in [9.17, 15) is 14.4 Å². The van der Waals surface area contributed by atoms with E-state index in [1.165, 1.54) is 23.1 Å². The number of esters is 1. The Bertz CT molecular complexity index is 991. The molecule has 2 N–H and O–H groups in total. The normalized spacial score (nSPS) is 10.3. The van der Waals surface area contributed by atoms with Crippen molar-refractivity contribution in [1.29, 1.82) is 0 Å². The van der Waals surface area contributed by atoms with Gasteiger partial charge in [-0.15, -0.1) is 11.3 Å². The summed E-state index contributed by atoms with van der Waals surface area (Å²) in [5.74, 6) is -1.21. The molecule has 1 heterocycles. The standard InChI is InChI=1S/C22H20N2O4S2/c25-20(15-28-21(26)12-13-23-22(27)19-11-6-14-29-19)24-17-9-4-5-10-18(17)30-16-7-2-1-3-8-16/h1-11,14H,12-13,15H2,(H,23,27)(H,24,25). The fourth-order valence-electron chi connectivity index (χ4n) is 2.45. The quantitative estimate of drug-likeness (QED) is 0.487. The topological polar surface area (TPSA) is 84.5 Å². The van der Waals surface area contributed by atoms with Crippen LogP contribution >= 0.6 is 23.1 Å². The number of hydrogen-bond donors (Lipinski definition) is 2. The molecule has 0 aliphatic heterocycles. The third-order valence-corrected chi connectivity index (χ3v) is 5.81. The molecule has 2 aromatic carbocycles. The molecule has 0 bridgehead atoms. The fourth-order valence-corrected chi connectivity index (χ4v) is 4.01. The Morgan fingerprint density at radius 2 is 1.70 bits per heavy atom.